The van der Waals surface area contributed by atoms with Crippen molar-refractivity contribution in [1.82, 2.24) is 4.98 Å². The Morgan fingerprint density at radius 3 is 2.23 bits per heavy atom. The van der Waals surface area contributed by atoms with Crippen LogP contribution in [0.4, 0.5) is 32.4 Å². The van der Waals surface area contributed by atoms with Crippen LogP contribution in [-0.4, -0.2) is 28.6 Å². The van der Waals surface area contributed by atoms with Gasteiger partial charge in [0.05, 0.1) is 18.4 Å². The Morgan fingerprint density at radius 2 is 1.85 bits per heavy atom. The smallest absolute Gasteiger partial charge is 0.434 e. The summed E-state index contributed by atoms with van der Waals surface area (Å²) in [6, 6.07) is 0. The third-order valence-corrected chi connectivity index (χ3v) is 3.90. The van der Waals surface area contributed by atoms with E-state index in [4.69, 9.17) is 0 Å². The minimum absolute atomic E-state index is 0.197. The predicted molar refractivity (Wildman–Crippen MR) is 86.7 cm³/mol. The second-order valence-corrected chi connectivity index (χ2v) is 6.85. The van der Waals surface area contributed by atoms with Crippen molar-refractivity contribution in [3.63, 3.8) is 0 Å². The topological polar surface area (TPSA) is 68.3 Å². The first-order valence-electron chi connectivity index (χ1n) is 7.42. The van der Waals surface area contributed by atoms with Gasteiger partial charge in [0.25, 0.3) is 11.7 Å². The fraction of sp³-hybridized carbons (Fsp3) is 0.533. The molecular weight excluding hydrogens is 383 g/mol. The standard InChI is InChI=1S/C15H17F5N2O3S/c1-5-7-8(13(23)25-4)11(15(18,19)20)21-10(12(16)17)9(7)22-14(24)26-6(2)3/h6,12H,5H2,1-4H3,(H,22,24). The molecule has 0 aromatic carbocycles. The molecule has 0 unspecified atom stereocenters. The van der Waals surface area contributed by atoms with Crippen LogP contribution in [0.2, 0.25) is 0 Å². The number of hydrogen-bond donors (Lipinski definition) is 1. The van der Waals surface area contributed by atoms with Crippen molar-refractivity contribution in [3.05, 3.63) is 22.5 Å². The third kappa shape index (κ3) is 5.05. The Bertz CT molecular complexity index is 693. The van der Waals surface area contributed by atoms with Gasteiger partial charge < -0.3 is 10.1 Å². The van der Waals surface area contributed by atoms with Crippen molar-refractivity contribution < 1.29 is 36.3 Å². The number of alkyl halides is 5. The molecule has 0 fully saturated rings. The SMILES string of the molecule is CCc1c(NC(=O)SC(C)C)c(C(F)F)nc(C(F)(F)F)c1C(=O)OC. The van der Waals surface area contributed by atoms with Crippen LogP contribution >= 0.6 is 11.8 Å². The number of hydrogen-bond acceptors (Lipinski definition) is 5. The molecule has 1 aromatic heterocycles. The van der Waals surface area contributed by atoms with Gasteiger partial charge in [-0.15, -0.1) is 0 Å². The molecule has 26 heavy (non-hydrogen) atoms. The number of ether oxygens (including phenoxy) is 1. The molecule has 1 rings (SSSR count). The van der Waals surface area contributed by atoms with E-state index in [1.165, 1.54) is 6.92 Å². The highest BCUT2D eigenvalue weighted by atomic mass is 32.2. The van der Waals surface area contributed by atoms with Gasteiger partial charge >= 0.3 is 12.1 Å². The molecule has 146 valence electrons. The monoisotopic (exact) mass is 400 g/mol. The number of anilines is 1. The van der Waals surface area contributed by atoms with E-state index >= 15 is 0 Å². The van der Waals surface area contributed by atoms with Gasteiger partial charge in [0.2, 0.25) is 0 Å². The molecule has 0 saturated carbocycles. The average Bonchev–Trinajstić information content (AvgIpc) is 2.50. The fourth-order valence-electron chi connectivity index (χ4n) is 2.18. The molecule has 0 radical (unpaired) electrons. The normalized spacial score (nSPS) is 11.8. The summed E-state index contributed by atoms with van der Waals surface area (Å²) in [5.41, 5.74) is -5.02. The maximum absolute atomic E-state index is 13.3. The first-order valence-corrected chi connectivity index (χ1v) is 8.29. The molecule has 1 aromatic rings. The van der Waals surface area contributed by atoms with Gasteiger partial charge in [0.15, 0.2) is 5.69 Å². The van der Waals surface area contributed by atoms with Crippen LogP contribution in [0.15, 0.2) is 0 Å². The van der Waals surface area contributed by atoms with E-state index in [9.17, 15) is 31.5 Å². The molecule has 0 atom stereocenters. The summed E-state index contributed by atoms with van der Waals surface area (Å²) in [6.07, 6.45) is -8.79. The third-order valence-electron chi connectivity index (χ3n) is 3.12. The number of nitrogens with zero attached hydrogens (tertiary/aromatic N) is 1. The number of aromatic nitrogens is 1. The summed E-state index contributed by atoms with van der Waals surface area (Å²) >= 11 is 0.758. The van der Waals surface area contributed by atoms with Gasteiger partial charge in [0.1, 0.15) is 5.69 Å². The van der Waals surface area contributed by atoms with E-state index in [0.717, 1.165) is 18.9 Å². The van der Waals surface area contributed by atoms with Gasteiger partial charge in [-0.25, -0.2) is 18.6 Å². The van der Waals surface area contributed by atoms with Crippen molar-refractivity contribution >= 4 is 28.7 Å². The largest absolute Gasteiger partial charge is 0.465 e. The summed E-state index contributed by atoms with van der Waals surface area (Å²) in [5, 5.41) is 1.19. The fourth-order valence-corrected chi connectivity index (χ4v) is 2.77. The Balaban J connectivity index is 3.76. The second kappa shape index (κ2) is 8.65. The molecule has 0 spiro atoms. The van der Waals surface area contributed by atoms with Crippen molar-refractivity contribution in [2.45, 2.75) is 45.0 Å². The molecule has 11 heteroatoms. The van der Waals surface area contributed by atoms with Crippen LogP contribution < -0.4 is 5.32 Å². The highest BCUT2D eigenvalue weighted by Crippen LogP contribution is 2.39. The lowest BCUT2D eigenvalue weighted by atomic mass is 9.99. The van der Waals surface area contributed by atoms with Crippen molar-refractivity contribution in [3.8, 4) is 0 Å². The maximum atomic E-state index is 13.3. The van der Waals surface area contributed by atoms with E-state index in [2.05, 4.69) is 15.0 Å². The number of pyridine rings is 1. The number of amides is 1. The molecule has 1 N–H and O–H groups in total. The van der Waals surface area contributed by atoms with Gasteiger partial charge in [-0.3, -0.25) is 4.79 Å². The number of thioether (sulfide) groups is 1. The summed E-state index contributed by atoms with van der Waals surface area (Å²) in [5.74, 6) is -1.38. The summed E-state index contributed by atoms with van der Waals surface area (Å²) in [7, 11) is 0.857. The summed E-state index contributed by atoms with van der Waals surface area (Å²) in [4.78, 5) is 26.8. The van der Waals surface area contributed by atoms with Crippen LogP contribution in [-0.2, 0) is 17.3 Å². The Labute approximate surface area is 150 Å². The molecule has 0 bridgehead atoms. The molecule has 1 amide bonds. The number of carbonyl (C=O) groups is 2. The zero-order valence-corrected chi connectivity index (χ0v) is 15.1. The number of methoxy groups -OCH3 is 1. The van der Waals surface area contributed by atoms with Crippen LogP contribution in [0.5, 0.6) is 0 Å². The van der Waals surface area contributed by atoms with Crippen molar-refractivity contribution in [2.75, 3.05) is 12.4 Å². The molecule has 0 aliphatic heterocycles. The summed E-state index contributed by atoms with van der Waals surface area (Å²) in [6.45, 7) is 4.70. The van der Waals surface area contributed by atoms with E-state index in [1.54, 1.807) is 13.8 Å². The first kappa shape index (κ1) is 22.1. The lowest BCUT2D eigenvalue weighted by Gasteiger charge is -2.21. The second-order valence-electron chi connectivity index (χ2n) is 5.30. The summed E-state index contributed by atoms with van der Waals surface area (Å²) < 4.78 is 70.8. The zero-order chi connectivity index (χ0) is 20.2. The van der Waals surface area contributed by atoms with E-state index < -0.39 is 52.0 Å². The Kier molecular flexibility index (Phi) is 7.36. The van der Waals surface area contributed by atoms with Gasteiger partial charge in [-0.2, -0.15) is 13.2 Å². The van der Waals surface area contributed by atoms with E-state index in [-0.39, 0.29) is 11.7 Å². The lowest BCUT2D eigenvalue weighted by Crippen LogP contribution is -2.23. The number of carbonyl (C=O) groups excluding carboxylic acids is 2. The highest BCUT2D eigenvalue weighted by molar-refractivity contribution is 8.14. The number of halogens is 5. The van der Waals surface area contributed by atoms with Crippen LogP contribution in [0, 0.1) is 0 Å². The van der Waals surface area contributed by atoms with Crippen molar-refractivity contribution in [2.24, 2.45) is 0 Å². The lowest BCUT2D eigenvalue weighted by molar-refractivity contribution is -0.142. The van der Waals surface area contributed by atoms with Gasteiger partial charge in [0, 0.05) is 5.25 Å². The Hall–Kier alpha value is -1.91. The van der Waals surface area contributed by atoms with Gasteiger partial charge in [-0.1, -0.05) is 32.5 Å². The van der Waals surface area contributed by atoms with Crippen LogP contribution in [0.1, 0.15) is 54.5 Å². The molecule has 0 saturated heterocycles. The van der Waals surface area contributed by atoms with Crippen LogP contribution in [0.25, 0.3) is 0 Å². The minimum Gasteiger partial charge on any atom is -0.465 e. The zero-order valence-electron chi connectivity index (χ0n) is 14.3. The first-order chi connectivity index (χ1) is 11.9. The number of esters is 1. The molecule has 0 aliphatic rings. The van der Waals surface area contributed by atoms with Gasteiger partial charge in [-0.05, 0) is 12.0 Å². The van der Waals surface area contributed by atoms with E-state index in [1.807, 2.05) is 0 Å². The molecule has 0 aliphatic carbocycles. The van der Waals surface area contributed by atoms with E-state index in [0.29, 0.717) is 0 Å². The van der Waals surface area contributed by atoms with Crippen molar-refractivity contribution in [1.29, 1.82) is 0 Å². The number of nitrogens with one attached hydrogen (secondary N) is 1. The quantitative estimate of drug-likeness (QED) is 0.553. The highest BCUT2D eigenvalue weighted by Gasteiger charge is 2.41. The Morgan fingerprint density at radius 1 is 1.27 bits per heavy atom. The molecule has 1 heterocycles. The molecular formula is C15H17F5N2O3S. The predicted octanol–water partition coefficient (Wildman–Crippen LogP) is 5.06. The minimum atomic E-state index is -5.16. The van der Waals surface area contributed by atoms with Crippen LogP contribution in [0.3, 0.4) is 0 Å². The number of rotatable bonds is 5. The maximum Gasteiger partial charge on any atom is 0.434 e. The average molecular weight is 400 g/mol. The molecule has 5 nitrogen and oxygen atoms in total.